The number of hydrogen-bond acceptors (Lipinski definition) is 3. The van der Waals surface area contributed by atoms with Crippen LogP contribution in [0.4, 0.5) is 0 Å². The number of rotatable bonds is 7. The SMILES string of the molecule is COCCNC(=O)CCCn1ncc2ccccc21. The molecule has 2 aromatic rings. The van der Waals surface area contributed by atoms with Crippen LogP contribution >= 0.6 is 0 Å². The highest BCUT2D eigenvalue weighted by atomic mass is 16.5. The van der Waals surface area contributed by atoms with Crippen LogP contribution in [-0.2, 0) is 16.1 Å². The van der Waals surface area contributed by atoms with E-state index in [1.54, 1.807) is 7.11 Å². The lowest BCUT2D eigenvalue weighted by atomic mass is 10.2. The quantitative estimate of drug-likeness (QED) is 0.770. The Bertz CT molecular complexity index is 536. The first-order chi connectivity index (χ1) is 9.31. The van der Waals surface area contributed by atoms with E-state index in [-0.39, 0.29) is 5.91 Å². The van der Waals surface area contributed by atoms with Gasteiger partial charge >= 0.3 is 0 Å². The van der Waals surface area contributed by atoms with Gasteiger partial charge in [-0.1, -0.05) is 18.2 Å². The fourth-order valence-electron chi connectivity index (χ4n) is 1.97. The van der Waals surface area contributed by atoms with E-state index in [0.29, 0.717) is 19.6 Å². The molecule has 0 unspecified atom stereocenters. The maximum Gasteiger partial charge on any atom is 0.220 e. The van der Waals surface area contributed by atoms with E-state index in [2.05, 4.69) is 10.4 Å². The largest absolute Gasteiger partial charge is 0.383 e. The van der Waals surface area contributed by atoms with Gasteiger partial charge in [0.15, 0.2) is 0 Å². The van der Waals surface area contributed by atoms with Gasteiger partial charge in [-0.2, -0.15) is 5.10 Å². The zero-order valence-electron chi connectivity index (χ0n) is 11.1. The van der Waals surface area contributed by atoms with Gasteiger partial charge in [-0.25, -0.2) is 0 Å². The molecule has 1 heterocycles. The van der Waals surface area contributed by atoms with E-state index in [9.17, 15) is 4.79 Å². The lowest BCUT2D eigenvalue weighted by Gasteiger charge is -2.05. The maximum atomic E-state index is 11.5. The highest BCUT2D eigenvalue weighted by molar-refractivity contribution is 5.78. The molecule has 0 saturated carbocycles. The number of aryl methyl sites for hydroxylation is 1. The van der Waals surface area contributed by atoms with Gasteiger partial charge in [0.05, 0.1) is 18.3 Å². The maximum absolute atomic E-state index is 11.5. The molecule has 1 N–H and O–H groups in total. The molecule has 0 atom stereocenters. The first kappa shape index (κ1) is 13.5. The number of carbonyl (C=O) groups excluding carboxylic acids is 1. The summed E-state index contributed by atoms with van der Waals surface area (Å²) in [7, 11) is 1.62. The Balaban J connectivity index is 1.78. The summed E-state index contributed by atoms with van der Waals surface area (Å²) in [6, 6.07) is 8.08. The lowest BCUT2D eigenvalue weighted by Crippen LogP contribution is -2.26. The number of hydrogen-bond donors (Lipinski definition) is 1. The summed E-state index contributed by atoms with van der Waals surface area (Å²) in [4.78, 5) is 11.5. The number of amides is 1. The van der Waals surface area contributed by atoms with Crippen LogP contribution in [0.1, 0.15) is 12.8 Å². The molecule has 1 aromatic carbocycles. The third-order valence-electron chi connectivity index (χ3n) is 2.95. The van der Waals surface area contributed by atoms with Gasteiger partial charge in [0.1, 0.15) is 0 Å². The molecule has 19 heavy (non-hydrogen) atoms. The van der Waals surface area contributed by atoms with Gasteiger partial charge in [-0.15, -0.1) is 0 Å². The van der Waals surface area contributed by atoms with Crippen molar-refractivity contribution in [3.8, 4) is 0 Å². The molecule has 0 saturated heterocycles. The smallest absolute Gasteiger partial charge is 0.220 e. The number of nitrogens with one attached hydrogen (secondary N) is 1. The van der Waals surface area contributed by atoms with Crippen molar-refractivity contribution in [2.45, 2.75) is 19.4 Å². The average molecular weight is 261 g/mol. The van der Waals surface area contributed by atoms with Crippen molar-refractivity contribution in [3.63, 3.8) is 0 Å². The van der Waals surface area contributed by atoms with E-state index in [1.165, 1.54) is 0 Å². The van der Waals surface area contributed by atoms with E-state index in [0.717, 1.165) is 23.9 Å². The van der Waals surface area contributed by atoms with Crippen LogP contribution in [0.5, 0.6) is 0 Å². The monoisotopic (exact) mass is 261 g/mol. The van der Waals surface area contributed by atoms with E-state index < -0.39 is 0 Å². The lowest BCUT2D eigenvalue weighted by molar-refractivity contribution is -0.121. The molecule has 1 aromatic heterocycles. The van der Waals surface area contributed by atoms with Crippen LogP contribution < -0.4 is 5.32 Å². The Morgan fingerprint density at radius 1 is 1.42 bits per heavy atom. The number of aromatic nitrogens is 2. The first-order valence-electron chi connectivity index (χ1n) is 6.47. The second-order valence-electron chi connectivity index (χ2n) is 4.37. The molecule has 0 radical (unpaired) electrons. The molecule has 0 fully saturated rings. The minimum absolute atomic E-state index is 0.0634. The van der Waals surface area contributed by atoms with Gasteiger partial charge in [0.25, 0.3) is 0 Å². The Hall–Kier alpha value is -1.88. The van der Waals surface area contributed by atoms with Gasteiger partial charge < -0.3 is 10.1 Å². The van der Waals surface area contributed by atoms with E-state index in [4.69, 9.17) is 4.74 Å². The number of para-hydroxylation sites is 1. The topological polar surface area (TPSA) is 56.1 Å². The van der Waals surface area contributed by atoms with Crippen molar-refractivity contribution in [3.05, 3.63) is 30.5 Å². The summed E-state index contributed by atoms with van der Waals surface area (Å²) >= 11 is 0. The van der Waals surface area contributed by atoms with Crippen molar-refractivity contribution in [1.82, 2.24) is 15.1 Å². The minimum atomic E-state index is 0.0634. The van der Waals surface area contributed by atoms with Crippen molar-refractivity contribution in [1.29, 1.82) is 0 Å². The molecular weight excluding hydrogens is 242 g/mol. The van der Waals surface area contributed by atoms with Crippen LogP contribution in [-0.4, -0.2) is 35.9 Å². The molecular formula is C14H19N3O2. The standard InChI is InChI=1S/C14H19N3O2/c1-19-10-8-15-14(18)7-4-9-17-13-6-3-2-5-12(13)11-16-17/h2-3,5-6,11H,4,7-10H2,1H3,(H,15,18). The van der Waals surface area contributed by atoms with E-state index >= 15 is 0 Å². The number of nitrogens with zero attached hydrogens (tertiary/aromatic N) is 2. The summed E-state index contributed by atoms with van der Waals surface area (Å²) in [6.07, 6.45) is 3.15. The summed E-state index contributed by atoms with van der Waals surface area (Å²) in [6.45, 7) is 1.88. The molecule has 102 valence electrons. The average Bonchev–Trinajstić information content (AvgIpc) is 2.83. The third-order valence-corrected chi connectivity index (χ3v) is 2.95. The van der Waals surface area contributed by atoms with Crippen LogP contribution in [0, 0.1) is 0 Å². The summed E-state index contributed by atoms with van der Waals surface area (Å²) < 4.78 is 6.82. The summed E-state index contributed by atoms with van der Waals surface area (Å²) in [5.74, 6) is 0.0634. The van der Waals surface area contributed by atoms with Crippen molar-refractivity contribution in [2.75, 3.05) is 20.3 Å². The fourth-order valence-corrected chi connectivity index (χ4v) is 1.97. The predicted molar refractivity (Wildman–Crippen MR) is 73.9 cm³/mol. The van der Waals surface area contributed by atoms with Gasteiger partial charge in [0.2, 0.25) is 5.91 Å². The number of ether oxygens (including phenoxy) is 1. The van der Waals surface area contributed by atoms with Crippen molar-refractivity contribution in [2.24, 2.45) is 0 Å². The fraction of sp³-hybridized carbons (Fsp3) is 0.429. The van der Waals surface area contributed by atoms with Crippen LogP contribution in [0.15, 0.2) is 30.5 Å². The van der Waals surface area contributed by atoms with Gasteiger partial charge in [-0.05, 0) is 12.5 Å². The third kappa shape index (κ3) is 3.79. The number of fused-ring (bicyclic) bond motifs is 1. The highest BCUT2D eigenvalue weighted by Crippen LogP contribution is 2.13. The zero-order valence-corrected chi connectivity index (χ0v) is 11.1. The van der Waals surface area contributed by atoms with Crippen molar-refractivity contribution >= 4 is 16.8 Å². The van der Waals surface area contributed by atoms with Crippen LogP contribution in [0.2, 0.25) is 0 Å². The predicted octanol–water partition coefficient (Wildman–Crippen LogP) is 1.58. The molecule has 0 aliphatic rings. The van der Waals surface area contributed by atoms with Crippen LogP contribution in [0.25, 0.3) is 10.9 Å². The van der Waals surface area contributed by atoms with Crippen molar-refractivity contribution < 1.29 is 9.53 Å². The highest BCUT2D eigenvalue weighted by Gasteiger charge is 2.03. The molecule has 2 rings (SSSR count). The summed E-state index contributed by atoms with van der Waals surface area (Å²) in [5.41, 5.74) is 1.11. The number of carbonyl (C=O) groups is 1. The number of benzene rings is 1. The van der Waals surface area contributed by atoms with Gasteiger partial charge in [-0.3, -0.25) is 9.48 Å². The Morgan fingerprint density at radius 3 is 3.11 bits per heavy atom. The molecule has 0 spiro atoms. The number of methoxy groups -OCH3 is 1. The molecule has 0 bridgehead atoms. The van der Waals surface area contributed by atoms with Gasteiger partial charge in [0, 0.05) is 32.0 Å². The molecule has 1 amide bonds. The molecule has 0 aliphatic heterocycles. The summed E-state index contributed by atoms with van der Waals surface area (Å²) in [5, 5.41) is 8.27. The van der Waals surface area contributed by atoms with E-state index in [1.807, 2.05) is 35.1 Å². The normalized spacial score (nSPS) is 10.8. The zero-order chi connectivity index (χ0) is 13.5. The molecule has 5 nitrogen and oxygen atoms in total. The Kier molecular flexibility index (Phi) is 4.92. The molecule has 0 aliphatic carbocycles. The Labute approximate surface area is 112 Å². The molecule has 5 heteroatoms. The minimum Gasteiger partial charge on any atom is -0.383 e. The van der Waals surface area contributed by atoms with Crippen LogP contribution in [0.3, 0.4) is 0 Å². The Morgan fingerprint density at radius 2 is 2.26 bits per heavy atom. The first-order valence-corrected chi connectivity index (χ1v) is 6.47. The second kappa shape index (κ2) is 6.89. The second-order valence-corrected chi connectivity index (χ2v) is 4.37.